The highest BCUT2D eigenvalue weighted by Crippen LogP contribution is 2.19. The molecule has 116 valence electrons. The molecular formula is C16H26N4O. The van der Waals surface area contributed by atoms with Crippen molar-refractivity contribution in [2.75, 3.05) is 32.5 Å². The lowest BCUT2D eigenvalue weighted by Crippen LogP contribution is -2.38. The number of aliphatic imine (C=N–C) groups is 1. The van der Waals surface area contributed by atoms with Gasteiger partial charge in [0.25, 0.3) is 0 Å². The number of hydrogen-bond donors (Lipinski definition) is 3. The average molecular weight is 290 g/mol. The van der Waals surface area contributed by atoms with Gasteiger partial charge in [0.15, 0.2) is 5.96 Å². The van der Waals surface area contributed by atoms with Crippen LogP contribution in [0.5, 0.6) is 5.75 Å². The minimum absolute atomic E-state index is 0.258. The van der Waals surface area contributed by atoms with Crippen molar-refractivity contribution in [3.05, 3.63) is 24.3 Å². The summed E-state index contributed by atoms with van der Waals surface area (Å²) in [6, 6.07) is 7.63. The van der Waals surface area contributed by atoms with Crippen LogP contribution >= 0.6 is 0 Å². The summed E-state index contributed by atoms with van der Waals surface area (Å²) in [4.78, 5) is 6.74. The number of benzene rings is 1. The molecule has 2 rings (SSSR count). The number of likely N-dealkylation sites (N-methyl/N-ethyl adjacent to an activating group) is 1. The number of rotatable bonds is 5. The number of hydrogen-bond acceptors (Lipinski definition) is 3. The van der Waals surface area contributed by atoms with E-state index in [9.17, 15) is 5.11 Å². The first-order valence-electron chi connectivity index (χ1n) is 7.65. The Balaban J connectivity index is 1.99. The van der Waals surface area contributed by atoms with Gasteiger partial charge in [0.2, 0.25) is 0 Å². The number of aromatic hydroxyl groups is 1. The molecule has 0 aromatic heterocycles. The van der Waals surface area contributed by atoms with Crippen LogP contribution in [0.25, 0.3) is 0 Å². The lowest BCUT2D eigenvalue weighted by Gasteiger charge is -2.18. The van der Waals surface area contributed by atoms with Crippen molar-refractivity contribution in [1.29, 1.82) is 0 Å². The van der Waals surface area contributed by atoms with Crippen molar-refractivity contribution >= 4 is 11.6 Å². The van der Waals surface area contributed by atoms with Gasteiger partial charge in [0.05, 0.1) is 6.54 Å². The van der Waals surface area contributed by atoms with Gasteiger partial charge in [-0.15, -0.1) is 0 Å². The van der Waals surface area contributed by atoms with Crippen LogP contribution < -0.4 is 10.6 Å². The summed E-state index contributed by atoms with van der Waals surface area (Å²) < 4.78 is 0. The maximum Gasteiger partial charge on any atom is 0.196 e. The van der Waals surface area contributed by atoms with Crippen molar-refractivity contribution in [2.45, 2.75) is 31.7 Å². The van der Waals surface area contributed by atoms with Gasteiger partial charge in [-0.25, -0.2) is 0 Å². The van der Waals surface area contributed by atoms with Crippen LogP contribution in [0.15, 0.2) is 29.3 Å². The second kappa shape index (κ2) is 7.88. The summed E-state index contributed by atoms with van der Waals surface area (Å²) in [7, 11) is 4.09. The number of anilines is 1. The van der Waals surface area contributed by atoms with E-state index in [2.05, 4.69) is 20.5 Å². The van der Waals surface area contributed by atoms with Gasteiger partial charge in [0.1, 0.15) is 5.75 Å². The summed E-state index contributed by atoms with van der Waals surface area (Å²) in [6.07, 6.45) is 4.98. The smallest absolute Gasteiger partial charge is 0.196 e. The predicted octanol–water partition coefficient (Wildman–Crippen LogP) is 2.25. The van der Waals surface area contributed by atoms with E-state index in [-0.39, 0.29) is 5.75 Å². The van der Waals surface area contributed by atoms with E-state index in [4.69, 9.17) is 0 Å². The van der Waals surface area contributed by atoms with Gasteiger partial charge >= 0.3 is 0 Å². The third-order valence-electron chi connectivity index (χ3n) is 3.62. The third-order valence-corrected chi connectivity index (χ3v) is 3.62. The zero-order chi connectivity index (χ0) is 15.1. The van der Waals surface area contributed by atoms with Gasteiger partial charge < -0.3 is 20.6 Å². The van der Waals surface area contributed by atoms with Crippen molar-refractivity contribution in [3.8, 4) is 5.75 Å². The van der Waals surface area contributed by atoms with Crippen LogP contribution in [0, 0.1) is 0 Å². The second-order valence-electron chi connectivity index (χ2n) is 5.83. The summed E-state index contributed by atoms with van der Waals surface area (Å²) in [5.41, 5.74) is 0.851. The molecular weight excluding hydrogens is 264 g/mol. The Morgan fingerprint density at radius 1 is 1.33 bits per heavy atom. The van der Waals surface area contributed by atoms with Gasteiger partial charge in [-0.1, -0.05) is 18.9 Å². The molecule has 0 aliphatic heterocycles. The van der Waals surface area contributed by atoms with Gasteiger partial charge in [-0.3, -0.25) is 4.99 Å². The Bertz CT molecular complexity index is 467. The van der Waals surface area contributed by atoms with Crippen LogP contribution in [0.4, 0.5) is 5.69 Å². The molecule has 1 aliphatic rings. The quantitative estimate of drug-likeness (QED) is 0.575. The molecule has 0 amide bonds. The predicted molar refractivity (Wildman–Crippen MR) is 88.0 cm³/mol. The Morgan fingerprint density at radius 3 is 2.76 bits per heavy atom. The normalized spacial score (nSPS) is 16.4. The monoisotopic (exact) mass is 290 g/mol. The minimum atomic E-state index is 0.258. The number of nitrogens with one attached hydrogen (secondary N) is 2. The Labute approximate surface area is 127 Å². The molecule has 1 fully saturated rings. The molecule has 1 aromatic rings. The average Bonchev–Trinajstić information content (AvgIpc) is 2.91. The molecule has 5 nitrogen and oxygen atoms in total. The molecule has 1 aromatic carbocycles. The van der Waals surface area contributed by atoms with Crippen molar-refractivity contribution < 1.29 is 5.11 Å². The van der Waals surface area contributed by atoms with E-state index in [0.29, 0.717) is 6.04 Å². The molecule has 21 heavy (non-hydrogen) atoms. The molecule has 5 heteroatoms. The maximum atomic E-state index is 9.55. The van der Waals surface area contributed by atoms with E-state index < -0.39 is 0 Å². The topological polar surface area (TPSA) is 59.9 Å². The molecule has 0 spiro atoms. The van der Waals surface area contributed by atoms with Crippen LogP contribution in [0.1, 0.15) is 25.7 Å². The van der Waals surface area contributed by atoms with Crippen molar-refractivity contribution in [3.63, 3.8) is 0 Å². The van der Waals surface area contributed by atoms with E-state index in [0.717, 1.165) is 24.7 Å². The molecule has 0 unspecified atom stereocenters. The molecule has 0 saturated heterocycles. The maximum absolute atomic E-state index is 9.55. The minimum Gasteiger partial charge on any atom is -0.508 e. The molecule has 0 bridgehead atoms. The Kier molecular flexibility index (Phi) is 5.87. The fourth-order valence-electron chi connectivity index (χ4n) is 2.47. The zero-order valence-electron chi connectivity index (χ0n) is 13.0. The number of guanidine groups is 1. The number of nitrogens with zero attached hydrogens (tertiary/aromatic N) is 2. The number of phenolic OH excluding ortho intramolecular Hbond substituents is 1. The van der Waals surface area contributed by atoms with Crippen LogP contribution in [-0.2, 0) is 0 Å². The molecule has 0 radical (unpaired) electrons. The third kappa shape index (κ3) is 5.63. The summed E-state index contributed by atoms with van der Waals surface area (Å²) in [6.45, 7) is 1.66. The first kappa shape index (κ1) is 15.6. The van der Waals surface area contributed by atoms with Crippen molar-refractivity contribution in [1.82, 2.24) is 10.2 Å². The SMILES string of the molecule is CN(C)CCN=C(Nc1cccc(O)c1)NC1CCCC1. The highest BCUT2D eigenvalue weighted by atomic mass is 16.3. The summed E-state index contributed by atoms with van der Waals surface area (Å²) in [5, 5.41) is 16.3. The van der Waals surface area contributed by atoms with Gasteiger partial charge in [-0.2, -0.15) is 0 Å². The van der Waals surface area contributed by atoms with E-state index >= 15 is 0 Å². The molecule has 1 saturated carbocycles. The van der Waals surface area contributed by atoms with E-state index in [1.165, 1.54) is 25.7 Å². The standard InChI is InChI=1S/C16H26N4O/c1-20(2)11-10-17-16(18-13-6-3-4-7-13)19-14-8-5-9-15(21)12-14/h5,8-9,12-13,21H,3-4,6-7,10-11H2,1-2H3,(H2,17,18,19). The summed E-state index contributed by atoms with van der Waals surface area (Å²) >= 11 is 0. The van der Waals surface area contributed by atoms with Crippen LogP contribution in [0.2, 0.25) is 0 Å². The first-order valence-corrected chi connectivity index (χ1v) is 7.65. The largest absolute Gasteiger partial charge is 0.508 e. The highest BCUT2D eigenvalue weighted by Gasteiger charge is 2.16. The fourth-order valence-corrected chi connectivity index (χ4v) is 2.47. The van der Waals surface area contributed by atoms with Gasteiger partial charge in [0, 0.05) is 24.3 Å². The Morgan fingerprint density at radius 2 is 2.10 bits per heavy atom. The molecule has 0 atom stereocenters. The van der Waals surface area contributed by atoms with Crippen LogP contribution in [0.3, 0.4) is 0 Å². The lowest BCUT2D eigenvalue weighted by molar-refractivity contribution is 0.420. The van der Waals surface area contributed by atoms with Crippen molar-refractivity contribution in [2.24, 2.45) is 4.99 Å². The Hall–Kier alpha value is -1.75. The van der Waals surface area contributed by atoms with E-state index in [1.54, 1.807) is 12.1 Å². The molecule has 3 N–H and O–H groups in total. The zero-order valence-corrected chi connectivity index (χ0v) is 13.0. The van der Waals surface area contributed by atoms with E-state index in [1.807, 2.05) is 26.2 Å². The van der Waals surface area contributed by atoms with Gasteiger partial charge in [-0.05, 0) is 39.1 Å². The van der Waals surface area contributed by atoms with Crippen LogP contribution in [-0.4, -0.2) is 49.2 Å². The summed E-state index contributed by atoms with van der Waals surface area (Å²) in [5.74, 6) is 1.06. The molecule has 0 heterocycles. The lowest BCUT2D eigenvalue weighted by atomic mass is 10.2. The molecule has 1 aliphatic carbocycles. The first-order chi connectivity index (χ1) is 10.1. The number of phenols is 1. The second-order valence-corrected chi connectivity index (χ2v) is 5.83. The fraction of sp³-hybridized carbons (Fsp3) is 0.562. The highest BCUT2D eigenvalue weighted by molar-refractivity contribution is 5.94.